The first-order chi connectivity index (χ1) is 11.3. The van der Waals surface area contributed by atoms with E-state index in [2.05, 4.69) is 13.8 Å². The van der Waals surface area contributed by atoms with Gasteiger partial charge in [-0.2, -0.15) is 0 Å². The van der Waals surface area contributed by atoms with Gasteiger partial charge in [0.05, 0.1) is 0 Å². The summed E-state index contributed by atoms with van der Waals surface area (Å²) < 4.78 is 0. The van der Waals surface area contributed by atoms with E-state index in [1.165, 1.54) is 44.9 Å². The molecule has 2 aliphatic rings. The van der Waals surface area contributed by atoms with Crippen LogP contribution in [0.3, 0.4) is 0 Å². The SMILES string of the molecule is CCCCCCCC1CCC(CC2CCC(CCC)CC2)CC1. The fraction of sp³-hybridized carbons (Fsp3) is 1.00. The van der Waals surface area contributed by atoms with Crippen LogP contribution >= 0.6 is 0 Å². The van der Waals surface area contributed by atoms with E-state index < -0.39 is 0 Å². The van der Waals surface area contributed by atoms with Gasteiger partial charge in [-0.25, -0.2) is 0 Å². The van der Waals surface area contributed by atoms with E-state index in [0.29, 0.717) is 0 Å². The molecule has 0 bridgehead atoms. The normalized spacial score (nSPS) is 32.1. The van der Waals surface area contributed by atoms with Gasteiger partial charge in [0.1, 0.15) is 0 Å². The topological polar surface area (TPSA) is 0 Å². The van der Waals surface area contributed by atoms with Crippen LogP contribution in [0.2, 0.25) is 0 Å². The standard InChI is InChI=1S/C23H44/c1-3-5-6-7-8-10-21-13-17-23(18-14-21)19-22-15-11-20(9-4-2)12-16-22/h20-23H,3-19H2,1-2H3. The molecule has 2 aliphatic carbocycles. The Hall–Kier alpha value is 0. The molecule has 0 aliphatic heterocycles. The van der Waals surface area contributed by atoms with Crippen LogP contribution < -0.4 is 0 Å². The minimum atomic E-state index is 1.08. The highest BCUT2D eigenvalue weighted by atomic mass is 14.3. The largest absolute Gasteiger partial charge is 0.0654 e. The minimum Gasteiger partial charge on any atom is -0.0654 e. The Bertz CT molecular complexity index is 266. The number of hydrogen-bond donors (Lipinski definition) is 0. The monoisotopic (exact) mass is 320 g/mol. The van der Waals surface area contributed by atoms with Crippen LogP contribution in [0.5, 0.6) is 0 Å². The van der Waals surface area contributed by atoms with E-state index in [1.54, 1.807) is 64.2 Å². The van der Waals surface area contributed by atoms with Crippen LogP contribution in [0.15, 0.2) is 0 Å². The molecule has 0 unspecified atom stereocenters. The van der Waals surface area contributed by atoms with Crippen molar-refractivity contribution in [2.24, 2.45) is 23.7 Å². The maximum absolute atomic E-state index is 2.36. The maximum Gasteiger partial charge on any atom is -0.0411 e. The summed E-state index contributed by atoms with van der Waals surface area (Å²) in [6.07, 6.45) is 25.8. The Balaban J connectivity index is 1.51. The van der Waals surface area contributed by atoms with Crippen molar-refractivity contribution in [2.45, 2.75) is 123 Å². The molecule has 23 heavy (non-hydrogen) atoms. The highest BCUT2D eigenvalue weighted by Gasteiger charge is 2.26. The third kappa shape index (κ3) is 7.61. The summed E-state index contributed by atoms with van der Waals surface area (Å²) in [5.41, 5.74) is 0. The summed E-state index contributed by atoms with van der Waals surface area (Å²) in [5.74, 6) is 4.37. The number of unbranched alkanes of at least 4 members (excludes halogenated alkanes) is 4. The third-order valence-electron chi connectivity index (χ3n) is 7.01. The van der Waals surface area contributed by atoms with Crippen molar-refractivity contribution in [2.75, 3.05) is 0 Å². The van der Waals surface area contributed by atoms with E-state index in [0.717, 1.165) is 23.7 Å². The second-order valence-corrected chi connectivity index (χ2v) is 9.00. The summed E-state index contributed by atoms with van der Waals surface area (Å²) in [5, 5.41) is 0. The molecular weight excluding hydrogens is 276 g/mol. The third-order valence-corrected chi connectivity index (χ3v) is 7.01. The van der Waals surface area contributed by atoms with Crippen LogP contribution in [0.4, 0.5) is 0 Å². The molecule has 0 saturated heterocycles. The number of hydrogen-bond acceptors (Lipinski definition) is 0. The fourth-order valence-corrected chi connectivity index (χ4v) is 5.43. The molecule has 0 aromatic carbocycles. The second kappa shape index (κ2) is 11.5. The Labute approximate surface area is 147 Å². The van der Waals surface area contributed by atoms with Crippen LogP contribution in [0.1, 0.15) is 123 Å². The molecule has 0 N–H and O–H groups in total. The van der Waals surface area contributed by atoms with E-state index in [9.17, 15) is 0 Å². The van der Waals surface area contributed by atoms with Gasteiger partial charge in [0.25, 0.3) is 0 Å². The zero-order chi connectivity index (χ0) is 16.3. The van der Waals surface area contributed by atoms with Gasteiger partial charge in [-0.15, -0.1) is 0 Å². The molecule has 0 radical (unpaired) electrons. The molecule has 136 valence electrons. The van der Waals surface area contributed by atoms with Crippen molar-refractivity contribution in [1.29, 1.82) is 0 Å². The van der Waals surface area contributed by atoms with Gasteiger partial charge in [0, 0.05) is 0 Å². The van der Waals surface area contributed by atoms with Crippen LogP contribution in [0, 0.1) is 23.7 Å². The van der Waals surface area contributed by atoms with Crippen molar-refractivity contribution < 1.29 is 0 Å². The summed E-state index contributed by atoms with van der Waals surface area (Å²) in [6.45, 7) is 4.67. The van der Waals surface area contributed by atoms with Gasteiger partial charge in [-0.05, 0) is 30.1 Å². The molecule has 0 aromatic heterocycles. The highest BCUT2D eigenvalue weighted by Crippen LogP contribution is 2.40. The zero-order valence-corrected chi connectivity index (χ0v) is 16.3. The average molecular weight is 321 g/mol. The van der Waals surface area contributed by atoms with Crippen LogP contribution in [-0.4, -0.2) is 0 Å². The molecule has 0 heteroatoms. The highest BCUT2D eigenvalue weighted by molar-refractivity contribution is 4.78. The molecule has 0 nitrogen and oxygen atoms in total. The van der Waals surface area contributed by atoms with E-state index in [-0.39, 0.29) is 0 Å². The lowest BCUT2D eigenvalue weighted by Gasteiger charge is -2.34. The van der Waals surface area contributed by atoms with Gasteiger partial charge in [-0.1, -0.05) is 117 Å². The molecule has 2 fully saturated rings. The first-order valence-corrected chi connectivity index (χ1v) is 11.3. The van der Waals surface area contributed by atoms with Crippen molar-refractivity contribution in [3.8, 4) is 0 Å². The Morgan fingerprint density at radius 2 is 0.957 bits per heavy atom. The van der Waals surface area contributed by atoms with Gasteiger partial charge in [-0.3, -0.25) is 0 Å². The molecule has 0 amide bonds. The Morgan fingerprint density at radius 1 is 0.478 bits per heavy atom. The van der Waals surface area contributed by atoms with Crippen molar-refractivity contribution >= 4 is 0 Å². The summed E-state index contributed by atoms with van der Waals surface area (Å²) >= 11 is 0. The van der Waals surface area contributed by atoms with Crippen molar-refractivity contribution in [3.63, 3.8) is 0 Å². The molecular formula is C23H44. The number of rotatable bonds is 10. The predicted molar refractivity (Wildman–Crippen MR) is 104 cm³/mol. The van der Waals surface area contributed by atoms with E-state index in [4.69, 9.17) is 0 Å². The minimum absolute atomic E-state index is 1.08. The van der Waals surface area contributed by atoms with Crippen molar-refractivity contribution in [3.05, 3.63) is 0 Å². The summed E-state index contributed by atoms with van der Waals surface area (Å²) in [4.78, 5) is 0. The van der Waals surface area contributed by atoms with Crippen LogP contribution in [-0.2, 0) is 0 Å². The second-order valence-electron chi connectivity index (χ2n) is 9.00. The predicted octanol–water partition coefficient (Wildman–Crippen LogP) is 8.15. The molecule has 0 spiro atoms. The van der Waals surface area contributed by atoms with E-state index in [1.807, 2.05) is 0 Å². The first-order valence-electron chi connectivity index (χ1n) is 11.3. The van der Waals surface area contributed by atoms with Crippen molar-refractivity contribution in [1.82, 2.24) is 0 Å². The lowest BCUT2D eigenvalue weighted by atomic mass is 9.72. The summed E-state index contributed by atoms with van der Waals surface area (Å²) in [7, 11) is 0. The molecule has 2 saturated carbocycles. The maximum atomic E-state index is 2.36. The lowest BCUT2D eigenvalue weighted by Crippen LogP contribution is -2.21. The fourth-order valence-electron chi connectivity index (χ4n) is 5.43. The zero-order valence-electron chi connectivity index (χ0n) is 16.3. The van der Waals surface area contributed by atoms with E-state index >= 15 is 0 Å². The van der Waals surface area contributed by atoms with Gasteiger partial charge >= 0.3 is 0 Å². The van der Waals surface area contributed by atoms with Gasteiger partial charge < -0.3 is 0 Å². The average Bonchev–Trinajstić information content (AvgIpc) is 2.58. The molecule has 0 aromatic rings. The van der Waals surface area contributed by atoms with Crippen LogP contribution in [0.25, 0.3) is 0 Å². The van der Waals surface area contributed by atoms with Gasteiger partial charge in [0.15, 0.2) is 0 Å². The quantitative estimate of drug-likeness (QED) is 0.356. The summed E-state index contributed by atoms with van der Waals surface area (Å²) in [6, 6.07) is 0. The first kappa shape index (κ1) is 19.3. The molecule has 0 atom stereocenters. The molecule has 0 heterocycles. The Kier molecular flexibility index (Phi) is 9.69. The van der Waals surface area contributed by atoms with Gasteiger partial charge in [0.2, 0.25) is 0 Å². The Morgan fingerprint density at radius 3 is 1.48 bits per heavy atom. The molecule has 2 rings (SSSR count). The smallest absolute Gasteiger partial charge is 0.0411 e. The lowest BCUT2D eigenvalue weighted by molar-refractivity contribution is 0.183.